The number of ether oxygens (including phenoxy) is 2. The first-order chi connectivity index (χ1) is 12.7. The summed E-state index contributed by atoms with van der Waals surface area (Å²) in [6, 6.07) is 5.46. The Morgan fingerprint density at radius 3 is 2.92 bits per heavy atom. The van der Waals surface area contributed by atoms with Gasteiger partial charge in [-0.15, -0.1) is 0 Å². The first-order valence-corrected chi connectivity index (χ1v) is 9.56. The van der Waals surface area contributed by atoms with Crippen molar-refractivity contribution in [3.63, 3.8) is 0 Å². The molecular weight excluding hydrogens is 356 g/mol. The van der Waals surface area contributed by atoms with E-state index in [9.17, 15) is 4.79 Å². The van der Waals surface area contributed by atoms with Gasteiger partial charge >= 0.3 is 0 Å². The van der Waals surface area contributed by atoms with Crippen LogP contribution >= 0.6 is 11.6 Å². The zero-order valence-electron chi connectivity index (χ0n) is 14.7. The fraction of sp³-hybridized carbons (Fsp3) is 0.579. The van der Waals surface area contributed by atoms with Crippen molar-refractivity contribution in [2.45, 2.75) is 25.2 Å². The molecule has 140 valence electrons. The van der Waals surface area contributed by atoms with Crippen LogP contribution in [0, 0.1) is 5.92 Å². The van der Waals surface area contributed by atoms with Gasteiger partial charge in [0.25, 0.3) is 0 Å². The highest BCUT2D eigenvalue weighted by Crippen LogP contribution is 2.30. The molecule has 0 N–H and O–H groups in total. The summed E-state index contributed by atoms with van der Waals surface area (Å²) in [5.41, 5.74) is 1.54. The second-order valence-corrected chi connectivity index (χ2v) is 7.50. The smallest absolute Gasteiger partial charge is 0.248 e. The van der Waals surface area contributed by atoms with Crippen molar-refractivity contribution in [3.05, 3.63) is 29.1 Å². The zero-order chi connectivity index (χ0) is 17.9. The zero-order valence-corrected chi connectivity index (χ0v) is 15.4. The number of oxazole rings is 1. The first kappa shape index (κ1) is 17.8. The van der Waals surface area contributed by atoms with Crippen LogP contribution in [0.5, 0.6) is 0 Å². The number of halogens is 1. The molecule has 2 saturated heterocycles. The molecule has 0 unspecified atom stereocenters. The standard InChI is InChI=1S/C19H23ClN2O4/c20-15-1-2-17-16(9-15)21-19(26-17)14-3-6-22(7-4-14)18(23)12-25-11-13-5-8-24-10-13/h1-2,9,13-14H,3-8,10-12H2/t13-/m0/s1. The molecule has 1 atom stereocenters. The van der Waals surface area contributed by atoms with Gasteiger partial charge in [-0.2, -0.15) is 0 Å². The molecule has 3 heterocycles. The van der Waals surface area contributed by atoms with Crippen molar-refractivity contribution in [1.29, 1.82) is 0 Å². The van der Waals surface area contributed by atoms with E-state index < -0.39 is 0 Å². The summed E-state index contributed by atoms with van der Waals surface area (Å²) < 4.78 is 16.8. The number of likely N-dealkylation sites (tertiary alicyclic amines) is 1. The molecule has 2 aromatic rings. The van der Waals surface area contributed by atoms with Crippen LogP contribution in [0.2, 0.25) is 5.02 Å². The fourth-order valence-electron chi connectivity index (χ4n) is 3.59. The monoisotopic (exact) mass is 378 g/mol. The van der Waals surface area contributed by atoms with Crippen LogP contribution in [0.25, 0.3) is 11.1 Å². The summed E-state index contributed by atoms with van der Waals surface area (Å²) in [6.45, 7) is 3.72. The molecule has 2 aliphatic heterocycles. The van der Waals surface area contributed by atoms with E-state index in [4.69, 9.17) is 25.5 Å². The predicted octanol–water partition coefficient (Wildman–Crippen LogP) is 3.24. The average Bonchev–Trinajstić information content (AvgIpc) is 3.31. The molecule has 1 aromatic carbocycles. The van der Waals surface area contributed by atoms with E-state index in [0.29, 0.717) is 30.6 Å². The molecule has 0 bridgehead atoms. The molecule has 6 nitrogen and oxygen atoms in total. The Hall–Kier alpha value is -1.63. The van der Waals surface area contributed by atoms with E-state index in [-0.39, 0.29) is 18.4 Å². The maximum atomic E-state index is 12.3. The summed E-state index contributed by atoms with van der Waals surface area (Å²) in [5, 5.41) is 0.655. The molecule has 7 heteroatoms. The van der Waals surface area contributed by atoms with Crippen molar-refractivity contribution in [2.24, 2.45) is 5.92 Å². The Morgan fingerprint density at radius 2 is 2.15 bits per heavy atom. The van der Waals surface area contributed by atoms with Gasteiger partial charge in [0.2, 0.25) is 5.91 Å². The van der Waals surface area contributed by atoms with Gasteiger partial charge in [-0.25, -0.2) is 4.98 Å². The minimum atomic E-state index is 0.0618. The number of nitrogens with zero attached hydrogens (tertiary/aromatic N) is 2. The summed E-state index contributed by atoms with van der Waals surface area (Å²) >= 11 is 6.01. The second kappa shape index (κ2) is 7.94. The van der Waals surface area contributed by atoms with Crippen LogP contribution in [-0.4, -0.2) is 55.3 Å². The van der Waals surface area contributed by atoms with Crippen molar-refractivity contribution >= 4 is 28.6 Å². The molecule has 0 aliphatic carbocycles. The third kappa shape index (κ3) is 4.03. The third-order valence-corrected chi connectivity index (χ3v) is 5.40. The van der Waals surface area contributed by atoms with Gasteiger partial charge < -0.3 is 18.8 Å². The van der Waals surface area contributed by atoms with Crippen molar-refractivity contribution in [1.82, 2.24) is 9.88 Å². The van der Waals surface area contributed by atoms with Crippen LogP contribution in [0.15, 0.2) is 22.6 Å². The lowest BCUT2D eigenvalue weighted by molar-refractivity contribution is -0.137. The number of benzene rings is 1. The van der Waals surface area contributed by atoms with E-state index in [1.807, 2.05) is 17.0 Å². The lowest BCUT2D eigenvalue weighted by atomic mass is 9.97. The normalized spacial score (nSPS) is 21.6. The molecule has 0 saturated carbocycles. The van der Waals surface area contributed by atoms with E-state index in [1.165, 1.54) is 0 Å². The van der Waals surface area contributed by atoms with E-state index in [2.05, 4.69) is 4.98 Å². The van der Waals surface area contributed by atoms with Crippen LogP contribution in [0.3, 0.4) is 0 Å². The molecule has 1 aromatic heterocycles. The van der Waals surface area contributed by atoms with E-state index in [0.717, 1.165) is 49.5 Å². The molecule has 1 amide bonds. The van der Waals surface area contributed by atoms with Gasteiger partial charge in [0.05, 0.1) is 13.2 Å². The Kier molecular flexibility index (Phi) is 5.43. The Labute approximate surface area is 157 Å². The quantitative estimate of drug-likeness (QED) is 0.799. The van der Waals surface area contributed by atoms with Crippen LogP contribution in [0.4, 0.5) is 0 Å². The molecular formula is C19H23ClN2O4. The van der Waals surface area contributed by atoms with Crippen molar-refractivity contribution in [2.75, 3.05) is 39.5 Å². The lowest BCUT2D eigenvalue weighted by Gasteiger charge is -2.30. The van der Waals surface area contributed by atoms with Gasteiger partial charge in [0, 0.05) is 36.6 Å². The number of amides is 1. The lowest BCUT2D eigenvalue weighted by Crippen LogP contribution is -2.40. The number of hydrogen-bond acceptors (Lipinski definition) is 5. The Balaban J connectivity index is 1.26. The van der Waals surface area contributed by atoms with Gasteiger partial charge in [0.1, 0.15) is 12.1 Å². The fourth-order valence-corrected chi connectivity index (χ4v) is 3.75. The minimum absolute atomic E-state index is 0.0618. The number of carbonyl (C=O) groups excluding carboxylic acids is 1. The van der Waals surface area contributed by atoms with Gasteiger partial charge in [0.15, 0.2) is 11.5 Å². The number of rotatable bonds is 5. The predicted molar refractivity (Wildman–Crippen MR) is 97.3 cm³/mol. The molecule has 26 heavy (non-hydrogen) atoms. The maximum Gasteiger partial charge on any atom is 0.248 e. The van der Waals surface area contributed by atoms with Gasteiger partial charge in [-0.05, 0) is 37.5 Å². The number of carbonyl (C=O) groups is 1. The largest absolute Gasteiger partial charge is 0.440 e. The third-order valence-electron chi connectivity index (χ3n) is 5.17. The van der Waals surface area contributed by atoms with Crippen molar-refractivity contribution < 1.29 is 18.7 Å². The topological polar surface area (TPSA) is 64.8 Å². The minimum Gasteiger partial charge on any atom is -0.440 e. The summed E-state index contributed by atoms with van der Waals surface area (Å²) in [7, 11) is 0. The number of aromatic nitrogens is 1. The van der Waals surface area contributed by atoms with Crippen molar-refractivity contribution in [3.8, 4) is 0 Å². The molecule has 0 spiro atoms. The Morgan fingerprint density at radius 1 is 1.31 bits per heavy atom. The summed E-state index contributed by atoms with van der Waals surface area (Å²) in [5.74, 6) is 1.47. The molecule has 4 rings (SSSR count). The Bertz CT molecular complexity index is 764. The summed E-state index contributed by atoms with van der Waals surface area (Å²) in [4.78, 5) is 18.8. The number of piperidine rings is 1. The van der Waals surface area contributed by atoms with Crippen LogP contribution in [0.1, 0.15) is 31.1 Å². The van der Waals surface area contributed by atoms with Gasteiger partial charge in [-0.1, -0.05) is 11.6 Å². The van der Waals surface area contributed by atoms with Crippen LogP contribution < -0.4 is 0 Å². The van der Waals surface area contributed by atoms with Crippen LogP contribution in [-0.2, 0) is 14.3 Å². The molecule has 0 radical (unpaired) electrons. The average molecular weight is 379 g/mol. The number of hydrogen-bond donors (Lipinski definition) is 0. The highest BCUT2D eigenvalue weighted by Gasteiger charge is 2.27. The first-order valence-electron chi connectivity index (χ1n) is 9.18. The van der Waals surface area contributed by atoms with E-state index in [1.54, 1.807) is 6.07 Å². The molecule has 2 aliphatic rings. The SMILES string of the molecule is O=C(COC[C@H]1CCOC1)N1CCC(c2nc3cc(Cl)ccc3o2)CC1. The van der Waals surface area contributed by atoms with Gasteiger partial charge in [-0.3, -0.25) is 4.79 Å². The highest BCUT2D eigenvalue weighted by molar-refractivity contribution is 6.31. The highest BCUT2D eigenvalue weighted by atomic mass is 35.5. The number of fused-ring (bicyclic) bond motifs is 1. The second-order valence-electron chi connectivity index (χ2n) is 7.06. The molecule has 2 fully saturated rings. The summed E-state index contributed by atoms with van der Waals surface area (Å²) in [6.07, 6.45) is 2.72. The maximum absolute atomic E-state index is 12.3. The van der Waals surface area contributed by atoms with E-state index >= 15 is 0 Å².